The van der Waals surface area contributed by atoms with Crippen LogP contribution in [0, 0.1) is 0 Å². The van der Waals surface area contributed by atoms with Gasteiger partial charge < -0.3 is 40.5 Å². The lowest BCUT2D eigenvalue weighted by Crippen LogP contribution is -2.68. The highest BCUT2D eigenvalue weighted by Gasteiger charge is 2.55. The highest BCUT2D eigenvalue weighted by molar-refractivity contribution is 6.42. The number of halogens is 3. The van der Waals surface area contributed by atoms with Crippen LogP contribution in [0.25, 0.3) is 0 Å². The number of aliphatic hydroxyl groups is 3. The quantitative estimate of drug-likeness (QED) is 0.236. The lowest BCUT2D eigenvalue weighted by molar-refractivity contribution is -0.314. The van der Waals surface area contributed by atoms with Gasteiger partial charge in [0.2, 0.25) is 5.91 Å². The number of hydrogen-bond donors (Lipinski definition) is 6. The maximum Gasteiger partial charge on any atom is 0.364 e. The number of carboxylic acids is 1. The van der Waals surface area contributed by atoms with Crippen molar-refractivity contribution in [1.29, 1.82) is 0 Å². The average molecular weight is 606 g/mol. The Morgan fingerprint density at radius 3 is 2.41 bits per heavy atom. The lowest BCUT2D eigenvalue weighted by atomic mass is 9.88. The number of amides is 2. The second-order valence-corrected chi connectivity index (χ2v) is 10.1. The molecule has 3 rings (SSSR count). The van der Waals surface area contributed by atoms with Gasteiger partial charge in [-0.05, 0) is 35.9 Å². The van der Waals surface area contributed by atoms with Crippen LogP contribution in [0.5, 0.6) is 0 Å². The minimum absolute atomic E-state index is 0.121. The van der Waals surface area contributed by atoms with Crippen molar-refractivity contribution in [3.05, 3.63) is 68.7 Å². The van der Waals surface area contributed by atoms with E-state index in [1.165, 1.54) is 30.3 Å². The zero-order valence-corrected chi connectivity index (χ0v) is 22.8. The van der Waals surface area contributed by atoms with Crippen LogP contribution in [0.15, 0.2) is 42.5 Å². The number of aliphatic hydroxyl groups excluding tert-OH is 3. The molecule has 6 atom stereocenters. The van der Waals surface area contributed by atoms with E-state index in [-0.39, 0.29) is 15.6 Å². The molecule has 6 N–H and O–H groups in total. The Balaban J connectivity index is 1.80. The SMILES string of the molecule is CC(=O)N[C@H]1[C@H]([C@H](O)[C@H](O)CNC(=O)c2ccc(Cl)cc2)O[C@@](OCc2cccc(Cl)c2Cl)(C(=O)O)C[C@@H]1O. The summed E-state index contributed by atoms with van der Waals surface area (Å²) >= 11 is 18.0. The van der Waals surface area contributed by atoms with Gasteiger partial charge in [-0.2, -0.15) is 0 Å². The van der Waals surface area contributed by atoms with Crippen LogP contribution in [0.2, 0.25) is 15.1 Å². The van der Waals surface area contributed by atoms with E-state index in [1.807, 2.05) is 0 Å². The molecule has 0 saturated carbocycles. The second-order valence-electron chi connectivity index (χ2n) is 8.91. The molecule has 1 aliphatic rings. The number of ether oxygens (including phenoxy) is 2. The summed E-state index contributed by atoms with van der Waals surface area (Å²) in [6.07, 6.45) is -7.49. The molecule has 212 valence electrons. The van der Waals surface area contributed by atoms with Crippen molar-refractivity contribution in [2.75, 3.05) is 6.54 Å². The number of rotatable bonds is 10. The van der Waals surface area contributed by atoms with Gasteiger partial charge in [-0.1, -0.05) is 46.9 Å². The van der Waals surface area contributed by atoms with Crippen LogP contribution in [0.1, 0.15) is 29.3 Å². The zero-order valence-electron chi connectivity index (χ0n) is 20.5. The summed E-state index contributed by atoms with van der Waals surface area (Å²) in [5.41, 5.74) is 0.563. The van der Waals surface area contributed by atoms with Gasteiger partial charge in [0.15, 0.2) is 0 Å². The molecule has 2 aromatic carbocycles. The molecular formula is C25H27Cl3N2O9. The number of hydrogen-bond acceptors (Lipinski definition) is 8. The molecule has 0 radical (unpaired) electrons. The first kappa shape index (κ1) is 31.1. The average Bonchev–Trinajstić information content (AvgIpc) is 2.88. The van der Waals surface area contributed by atoms with Crippen molar-refractivity contribution < 1.29 is 44.3 Å². The lowest BCUT2D eigenvalue weighted by Gasteiger charge is -2.46. The number of aliphatic carboxylic acids is 1. The summed E-state index contributed by atoms with van der Waals surface area (Å²) < 4.78 is 11.3. The Morgan fingerprint density at radius 1 is 1.13 bits per heavy atom. The molecule has 2 amide bonds. The van der Waals surface area contributed by atoms with Crippen LogP contribution < -0.4 is 10.6 Å². The molecule has 14 heteroatoms. The minimum Gasteiger partial charge on any atom is -0.477 e. The van der Waals surface area contributed by atoms with Crippen molar-refractivity contribution in [2.45, 2.75) is 56.2 Å². The Labute approximate surface area is 238 Å². The molecule has 1 aliphatic heterocycles. The number of carboxylic acid groups (broad SMARTS) is 1. The van der Waals surface area contributed by atoms with Gasteiger partial charge in [0, 0.05) is 30.5 Å². The molecule has 1 heterocycles. The molecule has 0 unspecified atom stereocenters. The maximum atomic E-state index is 12.4. The van der Waals surface area contributed by atoms with Gasteiger partial charge >= 0.3 is 5.97 Å². The van der Waals surface area contributed by atoms with Crippen LogP contribution in [0.3, 0.4) is 0 Å². The number of carbonyl (C=O) groups excluding carboxylic acids is 2. The van der Waals surface area contributed by atoms with Crippen LogP contribution in [0.4, 0.5) is 0 Å². The highest BCUT2D eigenvalue weighted by Crippen LogP contribution is 2.35. The first-order valence-electron chi connectivity index (χ1n) is 11.7. The third-order valence-corrected chi connectivity index (χ3v) is 7.18. The largest absolute Gasteiger partial charge is 0.477 e. The standard InChI is InChI=1S/C25H27Cl3N2O9/c1-12(31)30-20-17(32)9-25(24(36)37,38-11-14-3-2-4-16(27)19(14)28)39-22(20)21(34)18(33)10-29-23(35)13-5-7-15(26)8-6-13/h2-8,17-18,20-22,32-34H,9-11H2,1H3,(H,29,35)(H,30,31)(H,36,37)/t17-,18+,20+,21+,22+,25+/m0/s1. The summed E-state index contributed by atoms with van der Waals surface area (Å²) in [6, 6.07) is 9.23. The van der Waals surface area contributed by atoms with E-state index in [2.05, 4.69) is 10.6 Å². The van der Waals surface area contributed by atoms with E-state index < -0.39 is 73.6 Å². The van der Waals surface area contributed by atoms with E-state index in [0.29, 0.717) is 10.6 Å². The molecule has 1 saturated heterocycles. The Kier molecular flexibility index (Phi) is 10.5. The number of benzene rings is 2. The monoisotopic (exact) mass is 604 g/mol. The van der Waals surface area contributed by atoms with Gasteiger partial charge in [0.25, 0.3) is 11.7 Å². The van der Waals surface area contributed by atoms with E-state index in [0.717, 1.165) is 6.92 Å². The molecule has 0 bridgehead atoms. The molecule has 1 fully saturated rings. The van der Waals surface area contributed by atoms with E-state index >= 15 is 0 Å². The smallest absolute Gasteiger partial charge is 0.364 e. The highest BCUT2D eigenvalue weighted by atomic mass is 35.5. The zero-order chi connectivity index (χ0) is 28.9. The van der Waals surface area contributed by atoms with Gasteiger partial charge in [0.1, 0.15) is 12.2 Å². The van der Waals surface area contributed by atoms with Gasteiger partial charge in [-0.3, -0.25) is 9.59 Å². The van der Waals surface area contributed by atoms with E-state index in [4.69, 9.17) is 44.3 Å². The van der Waals surface area contributed by atoms with Crippen molar-refractivity contribution >= 4 is 52.6 Å². The van der Waals surface area contributed by atoms with Crippen molar-refractivity contribution in [1.82, 2.24) is 10.6 Å². The van der Waals surface area contributed by atoms with Crippen molar-refractivity contribution in [3.63, 3.8) is 0 Å². The number of nitrogens with one attached hydrogen (secondary N) is 2. The molecular weight excluding hydrogens is 579 g/mol. The summed E-state index contributed by atoms with van der Waals surface area (Å²) in [6.45, 7) is 0.270. The predicted octanol–water partition coefficient (Wildman–Crippen LogP) is 1.75. The fourth-order valence-electron chi connectivity index (χ4n) is 4.04. The third-order valence-electron chi connectivity index (χ3n) is 6.07. The van der Waals surface area contributed by atoms with Crippen molar-refractivity contribution in [3.8, 4) is 0 Å². The summed E-state index contributed by atoms with van der Waals surface area (Å²) in [5.74, 6) is -5.33. The van der Waals surface area contributed by atoms with E-state index in [1.54, 1.807) is 12.1 Å². The summed E-state index contributed by atoms with van der Waals surface area (Å²) in [7, 11) is 0. The van der Waals surface area contributed by atoms with Gasteiger partial charge in [0.05, 0.1) is 34.9 Å². The first-order valence-corrected chi connectivity index (χ1v) is 12.8. The molecule has 2 aromatic rings. The maximum absolute atomic E-state index is 12.4. The van der Waals surface area contributed by atoms with Crippen molar-refractivity contribution in [2.24, 2.45) is 0 Å². The van der Waals surface area contributed by atoms with Gasteiger partial charge in [-0.25, -0.2) is 4.79 Å². The molecule has 0 aromatic heterocycles. The molecule has 39 heavy (non-hydrogen) atoms. The normalized spacial score (nSPS) is 24.4. The Bertz CT molecular complexity index is 1200. The third kappa shape index (κ3) is 7.59. The molecule has 0 aliphatic carbocycles. The van der Waals surface area contributed by atoms with Crippen LogP contribution in [-0.2, 0) is 25.7 Å². The fourth-order valence-corrected chi connectivity index (χ4v) is 4.55. The Hall–Kier alpha value is -2.48. The molecule has 0 spiro atoms. The van der Waals surface area contributed by atoms with E-state index in [9.17, 15) is 34.8 Å². The second kappa shape index (κ2) is 13.2. The molecule has 11 nitrogen and oxygen atoms in total. The van der Waals surface area contributed by atoms with Gasteiger partial charge in [-0.15, -0.1) is 0 Å². The first-order chi connectivity index (χ1) is 18.3. The summed E-state index contributed by atoms with van der Waals surface area (Å²) in [5, 5.41) is 48.0. The summed E-state index contributed by atoms with van der Waals surface area (Å²) in [4.78, 5) is 36.5. The fraction of sp³-hybridized carbons (Fsp3) is 0.400. The van der Waals surface area contributed by atoms with Crippen LogP contribution >= 0.6 is 34.8 Å². The predicted molar refractivity (Wildman–Crippen MR) is 141 cm³/mol. The number of carbonyl (C=O) groups is 3. The van der Waals surface area contributed by atoms with Crippen LogP contribution in [-0.4, -0.2) is 81.0 Å². The Morgan fingerprint density at radius 2 is 1.79 bits per heavy atom. The topological polar surface area (TPSA) is 175 Å². The minimum atomic E-state index is -2.50.